The van der Waals surface area contributed by atoms with Crippen LogP contribution < -0.4 is 30.7 Å². The Labute approximate surface area is 371 Å². The van der Waals surface area contributed by atoms with Gasteiger partial charge in [0.2, 0.25) is 0 Å². The van der Waals surface area contributed by atoms with Crippen molar-refractivity contribution in [2.45, 2.75) is 70.2 Å². The van der Waals surface area contributed by atoms with Gasteiger partial charge in [0.05, 0.1) is 23.3 Å². The number of likely N-dealkylation sites (tertiary alicyclic amines) is 1. The van der Waals surface area contributed by atoms with E-state index in [0.29, 0.717) is 16.9 Å². The third kappa shape index (κ3) is 10.6. The lowest BCUT2D eigenvalue weighted by atomic mass is 9.72. The van der Waals surface area contributed by atoms with Gasteiger partial charge in [-0.3, -0.25) is 4.90 Å². The van der Waals surface area contributed by atoms with Crippen molar-refractivity contribution in [3.05, 3.63) is 107 Å². The summed E-state index contributed by atoms with van der Waals surface area (Å²) in [6, 6.07) is 23.3. The highest BCUT2D eigenvalue weighted by Crippen LogP contribution is 2.44. The number of H-pyrrole nitrogens is 1. The van der Waals surface area contributed by atoms with E-state index in [-0.39, 0.29) is 6.04 Å². The number of allylic oxidation sites excluding steroid dienone is 1. The first-order valence-corrected chi connectivity index (χ1v) is 23.1. The van der Waals surface area contributed by atoms with Crippen molar-refractivity contribution in [2.24, 2.45) is 5.41 Å². The first-order chi connectivity index (χ1) is 29.5. The number of halogens is 1. The Kier molecular flexibility index (Phi) is 13.4. The molecule has 61 heavy (non-hydrogen) atoms. The molecule has 3 aliphatic rings. The number of nitrogens with two attached hydrogens (primary N) is 1. The summed E-state index contributed by atoms with van der Waals surface area (Å²) in [6.45, 7) is 19.7. The lowest BCUT2D eigenvalue weighted by molar-refractivity contribution is 0.223. The van der Waals surface area contributed by atoms with E-state index in [2.05, 4.69) is 104 Å². The highest BCUT2D eigenvalue weighted by Gasteiger charge is 2.30. The number of aromatic nitrogens is 2. The van der Waals surface area contributed by atoms with Crippen molar-refractivity contribution in [1.29, 1.82) is 0 Å². The Bertz CT molecular complexity index is 2340. The molecular formula is C49H62ClN9OS. The van der Waals surface area contributed by atoms with Gasteiger partial charge < -0.3 is 40.6 Å². The SMILES string of the molecule is C=C(NSc1cc(N)c(N[C@@H](C)CN2CCCCC2)c(NC)c1)c1ccc(N2CCN(CC3=C(c4ccc(Cl)cc4)CC(C)(C)CC3)CC2)cc1Oc1cnc2[nH]ccc2c1. The third-order valence-corrected chi connectivity index (χ3v) is 13.6. The second-order valence-corrected chi connectivity index (χ2v) is 19.2. The minimum atomic E-state index is 0.267. The number of piperazine rings is 1. The van der Waals surface area contributed by atoms with Crippen molar-refractivity contribution >= 4 is 68.6 Å². The van der Waals surface area contributed by atoms with Crippen LogP contribution in [0.4, 0.5) is 22.7 Å². The number of aromatic amines is 1. The fourth-order valence-electron chi connectivity index (χ4n) is 9.09. The zero-order chi connectivity index (χ0) is 42.5. The van der Waals surface area contributed by atoms with Crippen molar-refractivity contribution in [2.75, 3.05) is 80.7 Å². The molecule has 0 amide bonds. The number of nitrogen functional groups attached to an aromatic ring is 1. The molecule has 0 unspecified atom stereocenters. The number of nitrogens with zero attached hydrogens (tertiary/aromatic N) is 4. The van der Waals surface area contributed by atoms with Crippen LogP contribution in [0.5, 0.6) is 11.5 Å². The van der Waals surface area contributed by atoms with Gasteiger partial charge in [-0.15, -0.1) is 0 Å². The zero-order valence-corrected chi connectivity index (χ0v) is 37.8. The van der Waals surface area contributed by atoms with Crippen LogP contribution in [0.3, 0.4) is 0 Å². The van der Waals surface area contributed by atoms with Gasteiger partial charge in [-0.25, -0.2) is 4.98 Å². The molecule has 2 saturated heterocycles. The zero-order valence-electron chi connectivity index (χ0n) is 36.3. The van der Waals surface area contributed by atoms with Crippen LogP contribution in [0.15, 0.2) is 96.2 Å². The number of hydrogen-bond donors (Lipinski definition) is 5. The van der Waals surface area contributed by atoms with Gasteiger partial charge >= 0.3 is 0 Å². The van der Waals surface area contributed by atoms with Crippen LogP contribution >= 0.6 is 23.5 Å². The van der Waals surface area contributed by atoms with Crippen molar-refractivity contribution in [3.8, 4) is 11.5 Å². The molecule has 12 heteroatoms. The predicted molar refractivity (Wildman–Crippen MR) is 259 cm³/mol. The van der Waals surface area contributed by atoms with E-state index in [1.54, 1.807) is 11.8 Å². The van der Waals surface area contributed by atoms with E-state index >= 15 is 0 Å². The van der Waals surface area contributed by atoms with E-state index in [1.807, 2.05) is 43.6 Å². The van der Waals surface area contributed by atoms with Gasteiger partial charge in [0.1, 0.15) is 17.1 Å². The maximum Gasteiger partial charge on any atom is 0.146 e. The Hall–Kier alpha value is -4.81. The van der Waals surface area contributed by atoms with Crippen LogP contribution in [-0.2, 0) is 0 Å². The van der Waals surface area contributed by atoms with Gasteiger partial charge in [0.25, 0.3) is 0 Å². The van der Waals surface area contributed by atoms with Crippen LogP contribution in [0.25, 0.3) is 22.3 Å². The standard InChI is InChI=1S/C49H62ClN9OS/c1-33(31-57-19-7-6-8-20-57)55-47-44(51)27-41(28-45(47)52-5)61-56-34(2)42-14-13-39(26-46(42)60-40-25-36-16-18-53-48(36)54-30-40)59-23-21-58(22-24-59)32-37-15-17-49(3,4)29-43(37)35-9-11-38(50)12-10-35/h9-14,16,18,25-28,30,33,52,55-56H,2,6-8,15,17,19-24,29,31-32,51H2,1,3-5H3,(H,53,54)/t33-/m0/s1. The summed E-state index contributed by atoms with van der Waals surface area (Å²) in [5.74, 6) is 1.38. The normalized spacial score (nSPS) is 18.0. The Balaban J connectivity index is 0.963. The highest BCUT2D eigenvalue weighted by atomic mass is 35.5. The van der Waals surface area contributed by atoms with Crippen molar-refractivity contribution in [3.63, 3.8) is 0 Å². The molecule has 1 aliphatic carbocycles. The molecule has 3 aromatic carbocycles. The Morgan fingerprint density at radius 2 is 1.77 bits per heavy atom. The predicted octanol–water partition coefficient (Wildman–Crippen LogP) is 11.0. The highest BCUT2D eigenvalue weighted by molar-refractivity contribution is 7.97. The molecule has 10 nitrogen and oxygen atoms in total. The summed E-state index contributed by atoms with van der Waals surface area (Å²) < 4.78 is 10.2. The van der Waals surface area contributed by atoms with E-state index in [4.69, 9.17) is 22.1 Å². The lowest BCUT2D eigenvalue weighted by Gasteiger charge is -2.39. The molecular weight excluding hydrogens is 798 g/mol. The maximum absolute atomic E-state index is 6.70. The van der Waals surface area contributed by atoms with Gasteiger partial charge in [-0.05, 0) is 129 Å². The first kappa shape index (κ1) is 42.9. The molecule has 4 heterocycles. The number of hydrogen-bond acceptors (Lipinski definition) is 10. The van der Waals surface area contributed by atoms with Gasteiger partial charge in [-0.2, -0.15) is 0 Å². The van der Waals surface area contributed by atoms with E-state index in [0.717, 1.165) is 107 Å². The van der Waals surface area contributed by atoms with Gasteiger partial charge in [0.15, 0.2) is 0 Å². The van der Waals surface area contributed by atoms with Gasteiger partial charge in [0, 0.05) is 96.9 Å². The minimum Gasteiger partial charge on any atom is -0.455 e. The maximum atomic E-state index is 6.70. The number of anilines is 4. The number of pyridine rings is 1. The molecule has 0 bridgehead atoms. The second-order valence-electron chi connectivity index (χ2n) is 17.8. The molecule has 2 aliphatic heterocycles. The molecule has 2 fully saturated rings. The molecule has 0 spiro atoms. The largest absolute Gasteiger partial charge is 0.455 e. The molecule has 6 N–H and O–H groups in total. The molecule has 1 atom stereocenters. The molecule has 0 radical (unpaired) electrons. The number of rotatable bonds is 15. The number of fused-ring (bicyclic) bond motifs is 1. The molecule has 8 rings (SSSR count). The monoisotopic (exact) mass is 859 g/mol. The number of ether oxygens (including phenoxy) is 1. The molecule has 0 saturated carbocycles. The quantitative estimate of drug-likeness (QED) is 0.0516. The van der Waals surface area contributed by atoms with E-state index in [1.165, 1.54) is 61.9 Å². The van der Waals surface area contributed by atoms with Crippen LogP contribution in [0, 0.1) is 5.41 Å². The van der Waals surface area contributed by atoms with Crippen LogP contribution in [0.2, 0.25) is 5.02 Å². The summed E-state index contributed by atoms with van der Waals surface area (Å²) >= 11 is 7.77. The van der Waals surface area contributed by atoms with Crippen LogP contribution in [0.1, 0.15) is 70.4 Å². The summed E-state index contributed by atoms with van der Waals surface area (Å²) in [4.78, 5) is 16.4. The smallest absolute Gasteiger partial charge is 0.146 e. The molecule has 322 valence electrons. The second kappa shape index (κ2) is 19.1. The average molecular weight is 861 g/mol. The van der Waals surface area contributed by atoms with Crippen LogP contribution in [-0.4, -0.2) is 85.2 Å². The fraction of sp³-hybridized carbons (Fsp3) is 0.408. The number of piperidine rings is 1. The molecule has 5 aromatic rings. The third-order valence-electron chi connectivity index (χ3n) is 12.5. The molecule has 2 aromatic heterocycles. The summed E-state index contributed by atoms with van der Waals surface area (Å²) in [5, 5.41) is 8.83. The minimum absolute atomic E-state index is 0.267. The average Bonchev–Trinajstić information content (AvgIpc) is 3.73. The number of benzene rings is 3. The summed E-state index contributed by atoms with van der Waals surface area (Å²) in [5.41, 5.74) is 17.5. The topological polar surface area (TPSA) is 110 Å². The van der Waals surface area contributed by atoms with Crippen molar-refractivity contribution < 1.29 is 4.74 Å². The van der Waals surface area contributed by atoms with Crippen molar-refractivity contribution in [1.82, 2.24) is 24.5 Å². The van der Waals surface area contributed by atoms with E-state index in [9.17, 15) is 0 Å². The summed E-state index contributed by atoms with van der Waals surface area (Å²) in [6.07, 6.45) is 11.0. The Morgan fingerprint density at radius 1 is 0.984 bits per heavy atom. The summed E-state index contributed by atoms with van der Waals surface area (Å²) in [7, 11) is 1.94. The fourth-order valence-corrected chi connectivity index (χ4v) is 9.93. The first-order valence-electron chi connectivity index (χ1n) is 21.9. The Morgan fingerprint density at radius 3 is 2.54 bits per heavy atom. The van der Waals surface area contributed by atoms with E-state index < -0.39 is 0 Å². The van der Waals surface area contributed by atoms with Gasteiger partial charge in [-0.1, -0.05) is 56.2 Å². The number of nitrogens with one attached hydrogen (secondary N) is 4. The lowest BCUT2D eigenvalue weighted by Crippen LogP contribution is -2.47.